The lowest BCUT2D eigenvalue weighted by atomic mass is 9.99. The maximum Gasteiger partial charge on any atom is 0.163 e. The Morgan fingerprint density at radius 1 is 1.00 bits per heavy atom. The van der Waals surface area contributed by atoms with Crippen LogP contribution >= 0.6 is 0 Å². The van der Waals surface area contributed by atoms with Crippen LogP contribution in [0.4, 0.5) is 11.5 Å². The van der Waals surface area contributed by atoms with Gasteiger partial charge in [-0.25, -0.2) is 4.98 Å². The maximum absolute atomic E-state index is 6.32. The second-order valence-corrected chi connectivity index (χ2v) is 8.84. The standard InChI is InChI=1S/C26H31N5O2/c1-16-20(27)8-7-17-24-18-13-22(32-2)23(33-12-6-11-31-9-4-3-5-10-31)14-21(18)29-15-19(24)26(28)30-25(16)17/h7-8,13-15H,3-6,9-12,27H2,1-2H3,(H2,28,30). The molecule has 0 atom stereocenters. The normalized spacial score (nSPS) is 14.8. The Morgan fingerprint density at radius 2 is 1.82 bits per heavy atom. The average molecular weight is 446 g/mol. The van der Waals surface area contributed by atoms with Gasteiger partial charge in [0.1, 0.15) is 5.82 Å². The molecule has 172 valence electrons. The van der Waals surface area contributed by atoms with Crippen LogP contribution in [-0.2, 0) is 0 Å². The zero-order chi connectivity index (χ0) is 22.9. The second-order valence-electron chi connectivity index (χ2n) is 8.84. The number of nitrogens with two attached hydrogens (primary N) is 2. The van der Waals surface area contributed by atoms with Crippen molar-refractivity contribution in [1.82, 2.24) is 14.9 Å². The largest absolute Gasteiger partial charge is 0.493 e. The summed E-state index contributed by atoms with van der Waals surface area (Å²) in [5.41, 5.74) is 15.7. The van der Waals surface area contributed by atoms with Gasteiger partial charge in [-0.15, -0.1) is 0 Å². The number of aryl methyl sites for hydroxylation is 1. The topological polar surface area (TPSA) is 99.5 Å². The summed E-state index contributed by atoms with van der Waals surface area (Å²) in [6.07, 6.45) is 6.74. The van der Waals surface area contributed by atoms with Crippen molar-refractivity contribution in [2.24, 2.45) is 0 Å². The number of nitrogen functional groups attached to an aromatic ring is 2. The number of aromatic nitrogens is 2. The molecule has 4 aromatic rings. The van der Waals surface area contributed by atoms with E-state index in [1.807, 2.05) is 31.2 Å². The quantitative estimate of drug-likeness (QED) is 0.253. The van der Waals surface area contributed by atoms with Crippen molar-refractivity contribution >= 4 is 44.1 Å². The number of methoxy groups -OCH3 is 1. The lowest BCUT2D eigenvalue weighted by Gasteiger charge is -2.26. The van der Waals surface area contributed by atoms with Crippen molar-refractivity contribution < 1.29 is 9.47 Å². The first-order valence-electron chi connectivity index (χ1n) is 11.7. The van der Waals surface area contributed by atoms with Crippen LogP contribution in [0, 0.1) is 6.92 Å². The lowest BCUT2D eigenvalue weighted by molar-refractivity contribution is 0.203. The molecule has 0 amide bonds. The zero-order valence-electron chi connectivity index (χ0n) is 19.4. The van der Waals surface area contributed by atoms with Crippen molar-refractivity contribution in [2.75, 3.05) is 44.8 Å². The third kappa shape index (κ3) is 3.97. The number of likely N-dealkylation sites (tertiary alicyclic amines) is 1. The van der Waals surface area contributed by atoms with Gasteiger partial charge in [-0.2, -0.15) is 0 Å². The Kier molecular flexibility index (Phi) is 5.81. The Balaban J connectivity index is 1.52. The molecule has 0 bridgehead atoms. The van der Waals surface area contributed by atoms with Gasteiger partial charge in [-0.1, -0.05) is 12.5 Å². The van der Waals surface area contributed by atoms with E-state index in [0.29, 0.717) is 29.6 Å². The number of piperidine rings is 1. The molecule has 1 saturated heterocycles. The monoisotopic (exact) mass is 445 g/mol. The molecular formula is C26H31N5O2. The Hall–Kier alpha value is -3.32. The Bertz CT molecular complexity index is 1330. The first-order chi connectivity index (χ1) is 16.1. The zero-order valence-corrected chi connectivity index (χ0v) is 19.4. The number of anilines is 2. The molecule has 5 rings (SSSR count). The smallest absolute Gasteiger partial charge is 0.163 e. The molecule has 1 aliphatic rings. The van der Waals surface area contributed by atoms with Crippen LogP contribution in [0.15, 0.2) is 30.5 Å². The highest BCUT2D eigenvalue weighted by Gasteiger charge is 2.16. The molecule has 3 heterocycles. The fourth-order valence-electron chi connectivity index (χ4n) is 4.85. The molecule has 0 spiro atoms. The van der Waals surface area contributed by atoms with E-state index in [9.17, 15) is 0 Å². The van der Waals surface area contributed by atoms with Crippen molar-refractivity contribution in [1.29, 1.82) is 0 Å². The van der Waals surface area contributed by atoms with E-state index in [2.05, 4.69) is 14.9 Å². The Labute approximate surface area is 193 Å². The van der Waals surface area contributed by atoms with Crippen molar-refractivity contribution in [3.8, 4) is 11.5 Å². The summed E-state index contributed by atoms with van der Waals surface area (Å²) in [7, 11) is 1.67. The van der Waals surface area contributed by atoms with E-state index in [1.54, 1.807) is 13.3 Å². The number of benzene rings is 2. The van der Waals surface area contributed by atoms with E-state index >= 15 is 0 Å². The number of pyridine rings is 2. The summed E-state index contributed by atoms with van der Waals surface area (Å²) in [4.78, 5) is 11.8. The van der Waals surface area contributed by atoms with Gasteiger partial charge in [-0.3, -0.25) is 4.98 Å². The molecule has 0 unspecified atom stereocenters. The molecular weight excluding hydrogens is 414 g/mol. The third-order valence-electron chi connectivity index (χ3n) is 6.73. The highest BCUT2D eigenvalue weighted by molar-refractivity contribution is 6.21. The first kappa shape index (κ1) is 21.5. The van der Waals surface area contributed by atoms with E-state index in [-0.39, 0.29) is 0 Å². The van der Waals surface area contributed by atoms with Crippen molar-refractivity contribution in [2.45, 2.75) is 32.6 Å². The maximum atomic E-state index is 6.32. The van der Waals surface area contributed by atoms with Gasteiger partial charge >= 0.3 is 0 Å². The molecule has 7 heteroatoms. The summed E-state index contributed by atoms with van der Waals surface area (Å²) in [6.45, 7) is 6.08. The van der Waals surface area contributed by atoms with Crippen molar-refractivity contribution in [3.05, 3.63) is 36.0 Å². The molecule has 0 saturated carbocycles. The SMILES string of the molecule is COc1cc2c(cc1OCCCN1CCCCC1)ncc1c(N)nc3c(C)c(N)ccc3c12. The molecule has 1 aliphatic heterocycles. The summed E-state index contributed by atoms with van der Waals surface area (Å²) >= 11 is 0. The van der Waals surface area contributed by atoms with E-state index in [4.69, 9.17) is 20.9 Å². The van der Waals surface area contributed by atoms with Crippen LogP contribution in [-0.4, -0.2) is 48.2 Å². The summed E-state index contributed by atoms with van der Waals surface area (Å²) in [5, 5.41) is 3.76. The Morgan fingerprint density at radius 3 is 2.61 bits per heavy atom. The average Bonchev–Trinajstić information content (AvgIpc) is 2.84. The van der Waals surface area contributed by atoms with Crippen LogP contribution in [0.25, 0.3) is 32.6 Å². The molecule has 33 heavy (non-hydrogen) atoms. The third-order valence-corrected chi connectivity index (χ3v) is 6.73. The number of hydrogen-bond acceptors (Lipinski definition) is 7. The minimum absolute atomic E-state index is 0.442. The minimum Gasteiger partial charge on any atom is -0.493 e. The number of nitrogens with zero attached hydrogens (tertiary/aromatic N) is 3. The molecule has 0 aliphatic carbocycles. The predicted octanol–water partition coefficient (Wildman–Crippen LogP) is 4.67. The summed E-state index contributed by atoms with van der Waals surface area (Å²) in [6, 6.07) is 7.87. The van der Waals surface area contributed by atoms with Gasteiger partial charge in [0.15, 0.2) is 11.5 Å². The van der Waals surface area contributed by atoms with Gasteiger partial charge in [0.25, 0.3) is 0 Å². The number of ether oxygens (including phenoxy) is 2. The number of hydrogen-bond donors (Lipinski definition) is 2. The van der Waals surface area contributed by atoms with Gasteiger partial charge < -0.3 is 25.8 Å². The highest BCUT2D eigenvalue weighted by Crippen LogP contribution is 2.39. The van der Waals surface area contributed by atoms with Gasteiger partial charge in [0.05, 0.1) is 24.8 Å². The fourth-order valence-corrected chi connectivity index (χ4v) is 4.85. The van der Waals surface area contributed by atoms with Crippen LogP contribution in [0.1, 0.15) is 31.2 Å². The van der Waals surface area contributed by atoms with Gasteiger partial charge in [0.2, 0.25) is 0 Å². The molecule has 1 fully saturated rings. The fraction of sp³-hybridized carbons (Fsp3) is 0.385. The first-order valence-corrected chi connectivity index (χ1v) is 11.7. The second kappa shape index (κ2) is 8.90. The van der Waals surface area contributed by atoms with Gasteiger partial charge in [-0.05, 0) is 57.0 Å². The molecule has 4 N–H and O–H groups in total. The van der Waals surface area contributed by atoms with Gasteiger partial charge in [0, 0.05) is 46.0 Å². The molecule has 2 aromatic carbocycles. The van der Waals surface area contributed by atoms with Crippen LogP contribution in [0.2, 0.25) is 0 Å². The molecule has 2 aromatic heterocycles. The van der Waals surface area contributed by atoms with E-state index in [1.165, 1.54) is 32.4 Å². The van der Waals surface area contributed by atoms with Crippen molar-refractivity contribution in [3.63, 3.8) is 0 Å². The lowest BCUT2D eigenvalue weighted by Crippen LogP contribution is -2.31. The summed E-state index contributed by atoms with van der Waals surface area (Å²) < 4.78 is 11.8. The van der Waals surface area contributed by atoms with Crippen LogP contribution in [0.3, 0.4) is 0 Å². The number of fused-ring (bicyclic) bond motifs is 5. The minimum atomic E-state index is 0.442. The van der Waals surface area contributed by atoms with E-state index in [0.717, 1.165) is 51.1 Å². The highest BCUT2D eigenvalue weighted by atomic mass is 16.5. The summed E-state index contributed by atoms with van der Waals surface area (Å²) in [5.74, 6) is 1.84. The predicted molar refractivity (Wildman–Crippen MR) is 135 cm³/mol. The molecule has 0 radical (unpaired) electrons. The molecule has 7 nitrogen and oxygen atoms in total. The van der Waals surface area contributed by atoms with Crippen LogP contribution < -0.4 is 20.9 Å². The van der Waals surface area contributed by atoms with E-state index < -0.39 is 0 Å². The number of rotatable bonds is 6. The van der Waals surface area contributed by atoms with Crippen LogP contribution in [0.5, 0.6) is 11.5 Å².